The lowest BCUT2D eigenvalue weighted by Crippen LogP contribution is -2.40. The molecule has 1 saturated carbocycles. The molecule has 0 heterocycles. The van der Waals surface area contributed by atoms with E-state index in [1.54, 1.807) is 0 Å². The number of rotatable bonds is 3. The van der Waals surface area contributed by atoms with E-state index in [-0.39, 0.29) is 12.0 Å². The first-order chi connectivity index (χ1) is 9.84. The van der Waals surface area contributed by atoms with Gasteiger partial charge >= 0.3 is 6.18 Å². The van der Waals surface area contributed by atoms with Crippen molar-refractivity contribution in [2.24, 2.45) is 11.8 Å². The molecule has 0 radical (unpaired) electrons. The van der Waals surface area contributed by atoms with Gasteiger partial charge in [0.2, 0.25) is 0 Å². The Morgan fingerprint density at radius 3 is 2.38 bits per heavy atom. The van der Waals surface area contributed by atoms with E-state index in [0.29, 0.717) is 25.3 Å². The Bertz CT molecular complexity index is 485. The maximum Gasteiger partial charge on any atom is 0.392 e. The molecule has 1 N–H and O–H groups in total. The summed E-state index contributed by atoms with van der Waals surface area (Å²) in [5, 5.41) is 2.79. The van der Waals surface area contributed by atoms with Crippen molar-refractivity contribution in [2.75, 3.05) is 7.05 Å². The summed E-state index contributed by atoms with van der Waals surface area (Å²) in [7, 11) is 1.51. The Morgan fingerprint density at radius 1 is 1.14 bits per heavy atom. The Labute approximate surface area is 120 Å². The third-order valence-corrected chi connectivity index (χ3v) is 4.28. The topological polar surface area (TPSA) is 12.0 Å². The zero-order chi connectivity index (χ0) is 15.6. The van der Waals surface area contributed by atoms with Crippen LogP contribution in [0.15, 0.2) is 18.2 Å². The summed E-state index contributed by atoms with van der Waals surface area (Å²) in [5.74, 6) is -3.72. The number of alkyl halides is 3. The lowest BCUT2D eigenvalue weighted by atomic mass is 9.73. The van der Waals surface area contributed by atoms with Crippen LogP contribution >= 0.6 is 0 Å². The molecule has 21 heavy (non-hydrogen) atoms. The number of hydrogen-bond donors (Lipinski definition) is 1. The summed E-state index contributed by atoms with van der Waals surface area (Å²) in [6.45, 7) is 0. The average Bonchev–Trinajstić information content (AvgIpc) is 2.41. The molecule has 0 spiro atoms. The van der Waals surface area contributed by atoms with Crippen LogP contribution in [0.2, 0.25) is 0 Å². The Hall–Kier alpha value is -1.17. The molecule has 3 unspecified atom stereocenters. The van der Waals surface area contributed by atoms with Crippen LogP contribution in [-0.2, 0) is 0 Å². The average molecular weight is 307 g/mol. The van der Waals surface area contributed by atoms with Crippen molar-refractivity contribution in [1.29, 1.82) is 0 Å². The van der Waals surface area contributed by atoms with Gasteiger partial charge in [0.1, 0.15) is 11.6 Å². The highest BCUT2D eigenvalue weighted by Gasteiger charge is 2.48. The molecule has 0 bridgehead atoms. The van der Waals surface area contributed by atoms with Gasteiger partial charge in [0.25, 0.3) is 0 Å². The van der Waals surface area contributed by atoms with Crippen LogP contribution < -0.4 is 5.32 Å². The first kappa shape index (κ1) is 16.2. The summed E-state index contributed by atoms with van der Waals surface area (Å²) in [6, 6.07) is 2.25. The van der Waals surface area contributed by atoms with Crippen LogP contribution in [0.1, 0.15) is 37.3 Å². The van der Waals surface area contributed by atoms with E-state index in [1.807, 2.05) is 0 Å². The van der Waals surface area contributed by atoms with Crippen molar-refractivity contribution >= 4 is 0 Å². The van der Waals surface area contributed by atoms with Crippen LogP contribution in [0.3, 0.4) is 0 Å². The van der Waals surface area contributed by atoms with Gasteiger partial charge < -0.3 is 5.32 Å². The third kappa shape index (κ3) is 3.54. The Balaban J connectivity index is 2.34. The van der Waals surface area contributed by atoms with Crippen LogP contribution in [-0.4, -0.2) is 13.2 Å². The second-order valence-corrected chi connectivity index (χ2v) is 5.53. The molecule has 1 aliphatic carbocycles. The van der Waals surface area contributed by atoms with Gasteiger partial charge in [0.05, 0.1) is 5.92 Å². The van der Waals surface area contributed by atoms with Crippen molar-refractivity contribution in [2.45, 2.75) is 37.9 Å². The van der Waals surface area contributed by atoms with E-state index in [2.05, 4.69) is 5.32 Å². The molecule has 1 fully saturated rings. The predicted molar refractivity (Wildman–Crippen MR) is 69.7 cm³/mol. The molecule has 2 rings (SSSR count). The van der Waals surface area contributed by atoms with Gasteiger partial charge in [-0.1, -0.05) is 18.9 Å². The molecule has 1 nitrogen and oxygen atoms in total. The van der Waals surface area contributed by atoms with Crippen molar-refractivity contribution in [3.63, 3.8) is 0 Å². The Kier molecular flexibility index (Phi) is 4.86. The summed E-state index contributed by atoms with van der Waals surface area (Å²) in [5.41, 5.74) is 0.0973. The van der Waals surface area contributed by atoms with Crippen molar-refractivity contribution in [3.05, 3.63) is 35.4 Å². The SMILES string of the molecule is CNC(c1ccc(F)cc1F)C1CCCCC1C(F)(F)F. The smallest absolute Gasteiger partial charge is 0.313 e. The summed E-state index contributed by atoms with van der Waals surface area (Å²) < 4.78 is 66.4. The summed E-state index contributed by atoms with van der Waals surface area (Å²) in [4.78, 5) is 0. The Morgan fingerprint density at radius 2 is 1.81 bits per heavy atom. The van der Waals surface area contributed by atoms with E-state index in [0.717, 1.165) is 6.07 Å². The highest BCUT2D eigenvalue weighted by atomic mass is 19.4. The zero-order valence-electron chi connectivity index (χ0n) is 11.7. The van der Waals surface area contributed by atoms with E-state index in [9.17, 15) is 22.0 Å². The lowest BCUT2D eigenvalue weighted by Gasteiger charge is -2.38. The minimum Gasteiger partial charge on any atom is -0.313 e. The molecule has 0 aliphatic heterocycles. The summed E-state index contributed by atoms with van der Waals surface area (Å²) >= 11 is 0. The standard InChI is InChI=1S/C15H18F5N/c1-21-14(11-7-6-9(16)8-13(11)17)10-4-2-3-5-12(10)15(18,19)20/h6-8,10,12,14,21H,2-5H2,1H3. The van der Waals surface area contributed by atoms with Gasteiger partial charge in [-0.05, 0) is 31.9 Å². The van der Waals surface area contributed by atoms with Crippen molar-refractivity contribution in [1.82, 2.24) is 5.32 Å². The largest absolute Gasteiger partial charge is 0.392 e. The van der Waals surface area contributed by atoms with E-state index >= 15 is 0 Å². The molecular formula is C15H18F5N. The number of nitrogens with one attached hydrogen (secondary N) is 1. The second kappa shape index (κ2) is 6.30. The normalized spacial score (nSPS) is 24.9. The van der Waals surface area contributed by atoms with Gasteiger partial charge in [0.15, 0.2) is 0 Å². The van der Waals surface area contributed by atoms with Gasteiger partial charge in [-0.3, -0.25) is 0 Å². The fourth-order valence-electron chi connectivity index (χ4n) is 3.32. The third-order valence-electron chi connectivity index (χ3n) is 4.28. The predicted octanol–water partition coefficient (Wildman–Crippen LogP) is 4.59. The molecular weight excluding hydrogens is 289 g/mol. The van der Waals surface area contributed by atoms with E-state index in [4.69, 9.17) is 0 Å². The van der Waals surface area contributed by atoms with Gasteiger partial charge in [-0.15, -0.1) is 0 Å². The minimum absolute atomic E-state index is 0.0646. The van der Waals surface area contributed by atoms with Gasteiger partial charge in [-0.2, -0.15) is 13.2 Å². The molecule has 3 atom stereocenters. The number of benzene rings is 1. The molecule has 0 amide bonds. The zero-order valence-corrected chi connectivity index (χ0v) is 11.7. The van der Waals surface area contributed by atoms with Crippen LogP contribution in [0.25, 0.3) is 0 Å². The van der Waals surface area contributed by atoms with Crippen molar-refractivity contribution in [3.8, 4) is 0 Å². The maximum absolute atomic E-state index is 13.9. The van der Waals surface area contributed by atoms with Crippen molar-refractivity contribution < 1.29 is 22.0 Å². The summed E-state index contributed by atoms with van der Waals surface area (Å²) in [6.07, 6.45) is -2.63. The highest BCUT2D eigenvalue weighted by molar-refractivity contribution is 5.23. The number of halogens is 5. The van der Waals surface area contributed by atoms with Crippen LogP contribution in [0.4, 0.5) is 22.0 Å². The fourth-order valence-corrected chi connectivity index (χ4v) is 3.32. The maximum atomic E-state index is 13.9. The number of hydrogen-bond acceptors (Lipinski definition) is 1. The quantitative estimate of drug-likeness (QED) is 0.805. The monoisotopic (exact) mass is 307 g/mol. The molecule has 6 heteroatoms. The molecule has 1 aromatic carbocycles. The van der Waals surface area contributed by atoms with E-state index < -0.39 is 35.7 Å². The second-order valence-electron chi connectivity index (χ2n) is 5.53. The fraction of sp³-hybridized carbons (Fsp3) is 0.600. The molecule has 1 aliphatic rings. The van der Waals surface area contributed by atoms with E-state index in [1.165, 1.54) is 13.1 Å². The first-order valence-electron chi connectivity index (χ1n) is 7.03. The molecule has 0 saturated heterocycles. The lowest BCUT2D eigenvalue weighted by molar-refractivity contribution is -0.199. The van der Waals surface area contributed by atoms with Crippen LogP contribution in [0, 0.1) is 23.5 Å². The van der Waals surface area contributed by atoms with Gasteiger partial charge in [0, 0.05) is 17.7 Å². The van der Waals surface area contributed by atoms with Crippen LogP contribution in [0.5, 0.6) is 0 Å². The first-order valence-corrected chi connectivity index (χ1v) is 7.03. The van der Waals surface area contributed by atoms with Gasteiger partial charge in [-0.25, -0.2) is 8.78 Å². The highest BCUT2D eigenvalue weighted by Crippen LogP contribution is 2.46. The molecule has 1 aromatic rings. The molecule has 0 aromatic heterocycles. The molecule has 118 valence electrons. The minimum atomic E-state index is -4.29.